The minimum atomic E-state index is -0.527. The zero-order valence-corrected chi connectivity index (χ0v) is 11.3. The van der Waals surface area contributed by atoms with Crippen molar-refractivity contribution in [2.45, 2.75) is 46.5 Å². The largest absolute Gasteiger partial charge is 0.464 e. The van der Waals surface area contributed by atoms with Crippen LogP contribution in [0.1, 0.15) is 55.9 Å². The SMILES string of the molecule is CCCCCCOC(=O)c1nc(C)c(OCC)o1. The van der Waals surface area contributed by atoms with Crippen LogP contribution in [0.3, 0.4) is 0 Å². The van der Waals surface area contributed by atoms with Gasteiger partial charge in [-0.25, -0.2) is 9.78 Å². The summed E-state index contributed by atoms with van der Waals surface area (Å²) >= 11 is 0. The molecule has 102 valence electrons. The number of oxazole rings is 1. The third-order valence-electron chi connectivity index (χ3n) is 2.44. The number of rotatable bonds is 8. The summed E-state index contributed by atoms with van der Waals surface area (Å²) in [5.74, 6) is -0.276. The molecule has 18 heavy (non-hydrogen) atoms. The number of carbonyl (C=O) groups excluding carboxylic acids is 1. The Morgan fingerprint density at radius 2 is 2.06 bits per heavy atom. The monoisotopic (exact) mass is 255 g/mol. The highest BCUT2D eigenvalue weighted by atomic mass is 16.6. The number of aromatic nitrogens is 1. The Kier molecular flexibility index (Phi) is 6.25. The molecule has 0 aliphatic carbocycles. The molecule has 0 atom stereocenters. The van der Waals surface area contributed by atoms with Crippen LogP contribution < -0.4 is 4.74 Å². The molecular formula is C13H21NO4. The fourth-order valence-electron chi connectivity index (χ4n) is 1.49. The highest BCUT2D eigenvalue weighted by Gasteiger charge is 2.18. The van der Waals surface area contributed by atoms with E-state index in [1.807, 2.05) is 6.92 Å². The van der Waals surface area contributed by atoms with Crippen LogP contribution in [0.2, 0.25) is 0 Å². The lowest BCUT2D eigenvalue weighted by Crippen LogP contribution is -2.06. The van der Waals surface area contributed by atoms with Crippen LogP contribution >= 0.6 is 0 Å². The molecule has 0 N–H and O–H groups in total. The summed E-state index contributed by atoms with van der Waals surface area (Å²) in [5.41, 5.74) is 0.565. The maximum atomic E-state index is 11.6. The Hall–Kier alpha value is -1.52. The molecule has 0 fully saturated rings. The van der Waals surface area contributed by atoms with E-state index in [-0.39, 0.29) is 11.8 Å². The van der Waals surface area contributed by atoms with Gasteiger partial charge in [-0.1, -0.05) is 26.2 Å². The minimum absolute atomic E-state index is 0.0357. The van der Waals surface area contributed by atoms with Gasteiger partial charge in [0, 0.05) is 0 Å². The van der Waals surface area contributed by atoms with Gasteiger partial charge in [0.2, 0.25) is 0 Å². The third-order valence-corrected chi connectivity index (χ3v) is 2.44. The molecule has 5 heteroatoms. The Bertz CT molecular complexity index is 373. The van der Waals surface area contributed by atoms with Crippen LogP contribution in [-0.2, 0) is 4.74 Å². The number of esters is 1. The van der Waals surface area contributed by atoms with Crippen molar-refractivity contribution >= 4 is 5.97 Å². The van der Waals surface area contributed by atoms with Gasteiger partial charge in [0.25, 0.3) is 0 Å². The van der Waals surface area contributed by atoms with Gasteiger partial charge in [-0.05, 0) is 20.3 Å². The fourth-order valence-corrected chi connectivity index (χ4v) is 1.49. The van der Waals surface area contributed by atoms with Crippen LogP contribution in [-0.4, -0.2) is 24.2 Å². The van der Waals surface area contributed by atoms with E-state index >= 15 is 0 Å². The van der Waals surface area contributed by atoms with E-state index in [9.17, 15) is 4.79 Å². The number of nitrogens with zero attached hydrogens (tertiary/aromatic N) is 1. The summed E-state index contributed by atoms with van der Waals surface area (Å²) < 4.78 is 15.4. The van der Waals surface area contributed by atoms with Crippen molar-refractivity contribution in [2.75, 3.05) is 13.2 Å². The molecule has 0 spiro atoms. The second-order valence-electron chi connectivity index (χ2n) is 4.02. The van der Waals surface area contributed by atoms with E-state index in [1.165, 1.54) is 0 Å². The van der Waals surface area contributed by atoms with E-state index in [2.05, 4.69) is 11.9 Å². The minimum Gasteiger partial charge on any atom is -0.464 e. The number of aryl methyl sites for hydroxylation is 1. The van der Waals surface area contributed by atoms with Gasteiger partial charge >= 0.3 is 17.8 Å². The third kappa shape index (κ3) is 4.39. The Balaban J connectivity index is 2.39. The second-order valence-corrected chi connectivity index (χ2v) is 4.02. The molecule has 0 aliphatic rings. The van der Waals surface area contributed by atoms with Gasteiger partial charge in [-0.15, -0.1) is 0 Å². The van der Waals surface area contributed by atoms with Crippen molar-refractivity contribution in [1.29, 1.82) is 0 Å². The summed E-state index contributed by atoms with van der Waals surface area (Å²) in [6, 6.07) is 0. The van der Waals surface area contributed by atoms with Crippen molar-refractivity contribution in [3.05, 3.63) is 11.6 Å². The molecule has 0 bridgehead atoms. The second kappa shape index (κ2) is 7.74. The maximum absolute atomic E-state index is 11.6. The van der Waals surface area contributed by atoms with E-state index < -0.39 is 5.97 Å². The standard InChI is InChI=1S/C13H21NO4/c1-4-6-7-8-9-17-12(15)11-14-10(3)13(18-11)16-5-2/h4-9H2,1-3H3. The molecule has 0 saturated carbocycles. The summed E-state index contributed by atoms with van der Waals surface area (Å²) in [7, 11) is 0. The molecule has 0 amide bonds. The van der Waals surface area contributed by atoms with Crippen LogP contribution in [0.5, 0.6) is 5.95 Å². The normalized spacial score (nSPS) is 10.4. The molecule has 0 radical (unpaired) electrons. The number of hydrogen-bond donors (Lipinski definition) is 0. The molecule has 1 heterocycles. The van der Waals surface area contributed by atoms with Crippen LogP contribution in [0, 0.1) is 6.92 Å². The lowest BCUT2D eigenvalue weighted by Gasteiger charge is -2.01. The molecule has 5 nitrogen and oxygen atoms in total. The first-order valence-electron chi connectivity index (χ1n) is 6.46. The number of carbonyl (C=O) groups is 1. The summed E-state index contributed by atoms with van der Waals surface area (Å²) in [4.78, 5) is 15.6. The Morgan fingerprint density at radius 1 is 1.28 bits per heavy atom. The van der Waals surface area contributed by atoms with Gasteiger partial charge in [0.1, 0.15) is 5.69 Å². The van der Waals surface area contributed by atoms with Gasteiger partial charge in [-0.3, -0.25) is 0 Å². The van der Waals surface area contributed by atoms with E-state index in [0.717, 1.165) is 25.7 Å². The molecule has 0 saturated heterocycles. The van der Waals surface area contributed by atoms with Crippen molar-refractivity contribution < 1.29 is 18.7 Å². The lowest BCUT2D eigenvalue weighted by atomic mass is 10.2. The van der Waals surface area contributed by atoms with E-state index in [0.29, 0.717) is 18.9 Å². The zero-order valence-electron chi connectivity index (χ0n) is 11.3. The first kappa shape index (κ1) is 14.5. The van der Waals surface area contributed by atoms with Crippen LogP contribution in [0.15, 0.2) is 4.42 Å². The topological polar surface area (TPSA) is 61.6 Å². The van der Waals surface area contributed by atoms with Crippen LogP contribution in [0.25, 0.3) is 0 Å². The molecule has 1 aromatic heterocycles. The molecule has 1 rings (SSSR count). The summed E-state index contributed by atoms with van der Waals surface area (Å²) in [6.07, 6.45) is 4.25. The summed E-state index contributed by atoms with van der Waals surface area (Å²) in [5, 5.41) is 0. The Labute approximate surface area is 107 Å². The van der Waals surface area contributed by atoms with Crippen LogP contribution in [0.4, 0.5) is 0 Å². The van der Waals surface area contributed by atoms with Crippen molar-refractivity contribution in [3.63, 3.8) is 0 Å². The van der Waals surface area contributed by atoms with Crippen molar-refractivity contribution in [3.8, 4) is 5.95 Å². The van der Waals surface area contributed by atoms with Crippen molar-refractivity contribution in [1.82, 2.24) is 4.98 Å². The zero-order chi connectivity index (χ0) is 13.4. The van der Waals surface area contributed by atoms with Crippen molar-refractivity contribution in [2.24, 2.45) is 0 Å². The van der Waals surface area contributed by atoms with Gasteiger partial charge in [-0.2, -0.15) is 0 Å². The smallest absolute Gasteiger partial charge is 0.394 e. The quantitative estimate of drug-likeness (QED) is 0.527. The highest BCUT2D eigenvalue weighted by molar-refractivity contribution is 5.84. The maximum Gasteiger partial charge on any atom is 0.394 e. The fraction of sp³-hybridized carbons (Fsp3) is 0.692. The first-order valence-corrected chi connectivity index (χ1v) is 6.46. The predicted octanol–water partition coefficient (Wildman–Crippen LogP) is 3.12. The molecule has 1 aromatic rings. The predicted molar refractivity (Wildman–Crippen MR) is 66.8 cm³/mol. The molecule has 0 aromatic carbocycles. The highest BCUT2D eigenvalue weighted by Crippen LogP contribution is 2.19. The van der Waals surface area contributed by atoms with Gasteiger partial charge in [0.05, 0.1) is 13.2 Å². The average molecular weight is 255 g/mol. The number of unbranched alkanes of at least 4 members (excludes halogenated alkanes) is 3. The van der Waals surface area contributed by atoms with E-state index in [4.69, 9.17) is 13.9 Å². The average Bonchev–Trinajstić information content (AvgIpc) is 2.71. The Morgan fingerprint density at radius 3 is 2.72 bits per heavy atom. The van der Waals surface area contributed by atoms with Gasteiger partial charge < -0.3 is 13.9 Å². The molecule has 0 unspecified atom stereocenters. The first-order chi connectivity index (χ1) is 8.69. The lowest BCUT2D eigenvalue weighted by molar-refractivity contribution is 0.0445. The number of hydrogen-bond acceptors (Lipinski definition) is 5. The van der Waals surface area contributed by atoms with Gasteiger partial charge in [0.15, 0.2) is 0 Å². The number of ether oxygens (including phenoxy) is 2. The molecule has 0 aliphatic heterocycles. The molecular weight excluding hydrogens is 234 g/mol. The summed E-state index contributed by atoms with van der Waals surface area (Å²) in [6.45, 7) is 6.59. The van der Waals surface area contributed by atoms with E-state index in [1.54, 1.807) is 6.92 Å².